The van der Waals surface area contributed by atoms with Gasteiger partial charge in [0.05, 0.1) is 32.5 Å². The molecule has 0 radical (unpaired) electrons. The predicted octanol–water partition coefficient (Wildman–Crippen LogP) is 13.7. The van der Waals surface area contributed by atoms with Gasteiger partial charge in [-0.15, -0.1) is 11.3 Å². The summed E-state index contributed by atoms with van der Waals surface area (Å²) in [7, 11) is 0. The Morgan fingerprint density at radius 3 is 1.79 bits per heavy atom. The van der Waals surface area contributed by atoms with Crippen LogP contribution in [0.5, 0.6) is 0 Å². The third-order valence-corrected chi connectivity index (χ3v) is 12.7. The molecule has 58 heavy (non-hydrogen) atoms. The number of hydrogen-bond acceptors (Lipinski definition) is 4. The minimum absolute atomic E-state index is 0.664. The lowest BCUT2D eigenvalue weighted by atomic mass is 10.00. The second kappa shape index (κ2) is 12.8. The minimum Gasteiger partial charge on any atom is -0.309 e. The summed E-state index contributed by atoms with van der Waals surface area (Å²) in [5.41, 5.74) is 11.3. The van der Waals surface area contributed by atoms with E-state index in [-0.39, 0.29) is 0 Å². The minimum atomic E-state index is 0.664. The van der Waals surface area contributed by atoms with Crippen molar-refractivity contribution in [1.29, 1.82) is 0 Å². The van der Waals surface area contributed by atoms with Crippen molar-refractivity contribution in [1.82, 2.24) is 24.1 Å². The van der Waals surface area contributed by atoms with Crippen LogP contribution in [0.2, 0.25) is 0 Å². The molecule has 272 valence electrons. The van der Waals surface area contributed by atoms with Gasteiger partial charge in [-0.3, -0.25) is 0 Å². The number of rotatable bonds is 5. The highest BCUT2D eigenvalue weighted by molar-refractivity contribution is 7.26. The van der Waals surface area contributed by atoms with Crippen LogP contribution in [0.3, 0.4) is 0 Å². The van der Waals surface area contributed by atoms with Crippen molar-refractivity contribution in [2.24, 2.45) is 0 Å². The third kappa shape index (κ3) is 4.98. The average molecular weight is 760 g/mol. The summed E-state index contributed by atoms with van der Waals surface area (Å²) in [6.45, 7) is 1.92. The van der Waals surface area contributed by atoms with Crippen molar-refractivity contribution >= 4 is 75.1 Å². The Balaban J connectivity index is 1.03. The first-order valence-electron chi connectivity index (χ1n) is 19.5. The zero-order valence-corrected chi connectivity index (χ0v) is 32.3. The van der Waals surface area contributed by atoms with Gasteiger partial charge in [0.1, 0.15) is 5.82 Å². The van der Waals surface area contributed by atoms with E-state index in [1.54, 1.807) is 0 Å². The fraction of sp³-hybridized carbons (Fsp3) is 0.0192. The standard InChI is InChI=1S/C52H33N5S/c1-32-53-51(33-13-3-2-4-14-33)55-52(54-32)34-25-28-36(29-26-34)56-44-21-8-5-15-38(44)41-19-11-18-37(49(41)56)35-27-30-46-43(31-35)39-16-6-9-22-45(39)57(46)47-23-12-20-42-40-17-7-10-24-48(40)58-50(42)47/h2-31H,1H3. The van der Waals surface area contributed by atoms with Gasteiger partial charge >= 0.3 is 0 Å². The van der Waals surface area contributed by atoms with Gasteiger partial charge < -0.3 is 9.13 Å². The number of nitrogens with zero attached hydrogens (tertiary/aromatic N) is 5. The fourth-order valence-electron chi connectivity index (χ4n) is 8.91. The number of fused-ring (bicyclic) bond motifs is 9. The van der Waals surface area contributed by atoms with E-state index in [0.717, 1.165) is 22.3 Å². The van der Waals surface area contributed by atoms with E-state index in [1.807, 2.05) is 48.6 Å². The second-order valence-electron chi connectivity index (χ2n) is 14.8. The van der Waals surface area contributed by atoms with Crippen LogP contribution in [0.25, 0.3) is 109 Å². The molecule has 6 heteroatoms. The molecule has 4 heterocycles. The maximum absolute atomic E-state index is 4.88. The summed E-state index contributed by atoms with van der Waals surface area (Å²) in [6, 6.07) is 65.4. The number of aromatic nitrogens is 5. The predicted molar refractivity (Wildman–Crippen MR) is 242 cm³/mol. The molecular weight excluding hydrogens is 727 g/mol. The zero-order chi connectivity index (χ0) is 38.3. The van der Waals surface area contributed by atoms with Crippen molar-refractivity contribution in [3.63, 3.8) is 0 Å². The number of benzene rings is 8. The maximum Gasteiger partial charge on any atom is 0.163 e. The molecule has 0 saturated carbocycles. The first kappa shape index (κ1) is 32.8. The zero-order valence-electron chi connectivity index (χ0n) is 31.5. The lowest BCUT2D eigenvalue weighted by Crippen LogP contribution is -2.00. The smallest absolute Gasteiger partial charge is 0.163 e. The van der Waals surface area contributed by atoms with E-state index in [2.05, 4.69) is 166 Å². The molecular formula is C52H33N5S. The Bertz CT molecular complexity index is 3580. The van der Waals surface area contributed by atoms with Crippen molar-refractivity contribution < 1.29 is 0 Å². The molecule has 0 aliphatic heterocycles. The number of aryl methyl sites for hydroxylation is 1. The average Bonchev–Trinajstić information content (AvgIpc) is 3.94. The molecule has 0 bridgehead atoms. The quantitative estimate of drug-likeness (QED) is 0.176. The van der Waals surface area contributed by atoms with E-state index in [1.165, 1.54) is 75.1 Å². The van der Waals surface area contributed by atoms with Crippen molar-refractivity contribution in [3.05, 3.63) is 188 Å². The molecule has 0 saturated heterocycles. The first-order chi connectivity index (χ1) is 28.7. The largest absolute Gasteiger partial charge is 0.309 e. The van der Waals surface area contributed by atoms with Gasteiger partial charge in [-0.2, -0.15) is 0 Å². The molecule has 0 fully saturated rings. The van der Waals surface area contributed by atoms with Gasteiger partial charge in [0.2, 0.25) is 0 Å². The van der Waals surface area contributed by atoms with Gasteiger partial charge in [0.15, 0.2) is 11.6 Å². The lowest BCUT2D eigenvalue weighted by Gasteiger charge is -2.13. The highest BCUT2D eigenvalue weighted by atomic mass is 32.1. The summed E-state index contributed by atoms with van der Waals surface area (Å²) < 4.78 is 7.48. The summed E-state index contributed by atoms with van der Waals surface area (Å²) in [4.78, 5) is 14.3. The number of thiophene rings is 1. The van der Waals surface area contributed by atoms with Crippen LogP contribution in [-0.2, 0) is 0 Å². The van der Waals surface area contributed by atoms with Crippen LogP contribution in [0.4, 0.5) is 0 Å². The van der Waals surface area contributed by atoms with Crippen molar-refractivity contribution in [3.8, 4) is 45.3 Å². The Hall–Kier alpha value is -7.41. The van der Waals surface area contributed by atoms with Crippen LogP contribution >= 0.6 is 11.3 Å². The number of hydrogen-bond donors (Lipinski definition) is 0. The molecule has 0 unspecified atom stereocenters. The third-order valence-electron chi connectivity index (χ3n) is 11.5. The molecule has 0 aliphatic carbocycles. The summed E-state index contributed by atoms with van der Waals surface area (Å²) >= 11 is 1.87. The van der Waals surface area contributed by atoms with Crippen LogP contribution in [0.15, 0.2) is 182 Å². The molecule has 0 N–H and O–H groups in total. The molecule has 12 aromatic rings. The molecule has 5 nitrogen and oxygen atoms in total. The Morgan fingerprint density at radius 1 is 0.414 bits per heavy atom. The number of para-hydroxylation sites is 3. The van der Waals surface area contributed by atoms with E-state index in [9.17, 15) is 0 Å². The maximum atomic E-state index is 4.88. The van der Waals surface area contributed by atoms with Crippen LogP contribution < -0.4 is 0 Å². The molecule has 12 rings (SSSR count). The van der Waals surface area contributed by atoms with E-state index >= 15 is 0 Å². The molecule has 0 aliphatic rings. The van der Waals surface area contributed by atoms with Gasteiger partial charge in [-0.25, -0.2) is 15.0 Å². The first-order valence-corrected chi connectivity index (χ1v) is 20.3. The van der Waals surface area contributed by atoms with Gasteiger partial charge in [0, 0.05) is 59.4 Å². The van der Waals surface area contributed by atoms with Crippen LogP contribution in [0.1, 0.15) is 5.82 Å². The Kier molecular flexibility index (Phi) is 7.25. The van der Waals surface area contributed by atoms with Gasteiger partial charge in [-0.05, 0) is 73.2 Å². The van der Waals surface area contributed by atoms with Crippen molar-refractivity contribution in [2.45, 2.75) is 6.92 Å². The van der Waals surface area contributed by atoms with E-state index in [0.29, 0.717) is 17.5 Å². The molecule has 4 aromatic heterocycles. The van der Waals surface area contributed by atoms with Gasteiger partial charge in [-0.1, -0.05) is 121 Å². The van der Waals surface area contributed by atoms with E-state index < -0.39 is 0 Å². The van der Waals surface area contributed by atoms with Gasteiger partial charge in [0.25, 0.3) is 0 Å². The summed E-state index contributed by atoms with van der Waals surface area (Å²) in [6.07, 6.45) is 0. The SMILES string of the molecule is Cc1nc(-c2ccccc2)nc(-c2ccc(-n3c4ccccc4c4cccc(-c5ccc6c(c5)c5ccccc5n6-c5cccc6c5sc5ccccc56)c43)cc2)n1. The molecule has 0 atom stereocenters. The second-order valence-corrected chi connectivity index (χ2v) is 15.9. The fourth-order valence-corrected chi connectivity index (χ4v) is 10.1. The van der Waals surface area contributed by atoms with Crippen molar-refractivity contribution in [2.75, 3.05) is 0 Å². The Labute approximate surface area is 337 Å². The van der Waals surface area contributed by atoms with E-state index in [4.69, 9.17) is 9.97 Å². The molecule has 0 spiro atoms. The highest BCUT2D eigenvalue weighted by Crippen LogP contribution is 2.43. The molecule has 0 amide bonds. The van der Waals surface area contributed by atoms with Crippen LogP contribution in [-0.4, -0.2) is 24.1 Å². The van der Waals surface area contributed by atoms with Crippen LogP contribution in [0, 0.1) is 6.92 Å². The lowest BCUT2D eigenvalue weighted by molar-refractivity contribution is 0.991. The topological polar surface area (TPSA) is 48.5 Å². The Morgan fingerprint density at radius 2 is 1.00 bits per heavy atom. The monoisotopic (exact) mass is 759 g/mol. The summed E-state index contributed by atoms with van der Waals surface area (Å²) in [5, 5.41) is 7.52. The highest BCUT2D eigenvalue weighted by Gasteiger charge is 2.20. The molecule has 8 aromatic carbocycles. The normalized spacial score (nSPS) is 11.9. The summed E-state index contributed by atoms with van der Waals surface area (Å²) in [5.74, 6) is 2.03.